The number of halogens is 1. The first-order chi connectivity index (χ1) is 17.1. The van der Waals surface area contributed by atoms with Crippen molar-refractivity contribution in [2.45, 2.75) is 24.0 Å². The number of hydrogen-bond donors (Lipinski definition) is 2. The second-order valence-electron chi connectivity index (χ2n) is 8.14. The number of aromatic amines is 1. The van der Waals surface area contributed by atoms with Gasteiger partial charge in [0, 0.05) is 12.7 Å². The van der Waals surface area contributed by atoms with Crippen LogP contribution in [0.5, 0.6) is 0 Å². The summed E-state index contributed by atoms with van der Waals surface area (Å²) in [4.78, 5) is 23.2. The summed E-state index contributed by atoms with van der Waals surface area (Å²) in [6.45, 7) is 0.770. The van der Waals surface area contributed by atoms with E-state index in [2.05, 4.69) is 19.9 Å². The molecule has 1 fully saturated rings. The van der Waals surface area contributed by atoms with Gasteiger partial charge in [-0.05, 0) is 67.1 Å². The summed E-state index contributed by atoms with van der Waals surface area (Å²) < 4.78 is 13.7. The number of thioether (sulfide) groups is 1. The zero-order valence-corrected chi connectivity index (χ0v) is 20.0. The fraction of sp³-hybridized carbons (Fsp3) is 0.192. The van der Waals surface area contributed by atoms with Gasteiger partial charge < -0.3 is 9.88 Å². The normalized spacial score (nSPS) is 15.7. The monoisotopic (exact) mass is 485 g/mol. The summed E-state index contributed by atoms with van der Waals surface area (Å²) in [5, 5.41) is 9.27. The zero-order chi connectivity index (χ0) is 24.2. The van der Waals surface area contributed by atoms with Gasteiger partial charge in [-0.2, -0.15) is 0 Å². The van der Waals surface area contributed by atoms with E-state index in [1.807, 2.05) is 41.5 Å². The molecule has 0 bridgehead atoms. The lowest BCUT2D eigenvalue weighted by atomic mass is 10.0. The molecular formula is C26H24FN7S. The molecule has 9 heteroatoms. The molecule has 4 aromatic rings. The van der Waals surface area contributed by atoms with E-state index in [1.165, 1.54) is 17.8 Å². The SMILES string of the molecule is CSc1nccc(-c2cccc(-c3cnc(/C=C\C(=N)N4CCCC4c4cccc(F)c4)[nH]3)n2)n1. The minimum absolute atomic E-state index is 0.00960. The lowest BCUT2D eigenvalue weighted by Crippen LogP contribution is -2.28. The molecule has 2 N–H and O–H groups in total. The first kappa shape index (κ1) is 22.9. The standard InChI is InChI=1S/C26H24FN7S/c1-35-26-29-13-12-21(33-26)19-7-3-8-20(31-19)22-16-30-25(32-22)11-10-24(28)34-14-4-9-23(34)17-5-2-6-18(27)15-17/h2-3,5-8,10-13,15-16,23,28H,4,9,14H2,1H3,(H,30,32)/b11-10-,28-24?. The average Bonchev–Trinajstić information content (AvgIpc) is 3.58. The van der Waals surface area contributed by atoms with Gasteiger partial charge in [-0.3, -0.25) is 5.41 Å². The Morgan fingerprint density at radius 2 is 1.94 bits per heavy atom. The maximum absolute atomic E-state index is 13.7. The Hall–Kier alpha value is -3.85. The Kier molecular flexibility index (Phi) is 6.67. The largest absolute Gasteiger partial charge is 0.350 e. The van der Waals surface area contributed by atoms with E-state index >= 15 is 0 Å². The van der Waals surface area contributed by atoms with Crippen molar-refractivity contribution in [3.8, 4) is 22.8 Å². The summed E-state index contributed by atoms with van der Waals surface area (Å²) in [6, 6.07) is 14.3. The van der Waals surface area contributed by atoms with Gasteiger partial charge in [0.25, 0.3) is 0 Å². The van der Waals surface area contributed by atoms with Crippen LogP contribution >= 0.6 is 11.8 Å². The molecule has 4 heterocycles. The number of nitrogens with zero attached hydrogens (tertiary/aromatic N) is 5. The van der Waals surface area contributed by atoms with Gasteiger partial charge in [0.05, 0.1) is 35.0 Å². The fourth-order valence-corrected chi connectivity index (χ4v) is 4.59. The van der Waals surface area contributed by atoms with E-state index in [9.17, 15) is 4.39 Å². The van der Waals surface area contributed by atoms with Crippen molar-refractivity contribution in [2.75, 3.05) is 12.8 Å². The lowest BCUT2D eigenvalue weighted by Gasteiger charge is -2.26. The number of H-pyrrole nitrogens is 1. The van der Waals surface area contributed by atoms with Crippen LogP contribution in [0.15, 0.2) is 72.2 Å². The van der Waals surface area contributed by atoms with Crippen molar-refractivity contribution in [3.63, 3.8) is 0 Å². The molecule has 1 saturated heterocycles. The molecule has 0 amide bonds. The molecule has 7 nitrogen and oxygen atoms in total. The Labute approximate surface area is 207 Å². The van der Waals surface area contributed by atoms with E-state index in [4.69, 9.17) is 10.4 Å². The second kappa shape index (κ2) is 10.2. The zero-order valence-electron chi connectivity index (χ0n) is 19.1. The number of imidazole rings is 1. The summed E-state index contributed by atoms with van der Waals surface area (Å²) >= 11 is 1.49. The van der Waals surface area contributed by atoms with E-state index in [0.717, 1.165) is 47.7 Å². The lowest BCUT2D eigenvalue weighted by molar-refractivity contribution is 0.399. The van der Waals surface area contributed by atoms with Crippen LogP contribution in [0.1, 0.15) is 30.3 Å². The highest BCUT2D eigenvalue weighted by Gasteiger charge is 2.27. The number of amidine groups is 1. The first-order valence-electron chi connectivity index (χ1n) is 11.3. The Bertz CT molecular complexity index is 1380. The van der Waals surface area contributed by atoms with Crippen LogP contribution in [-0.4, -0.2) is 48.5 Å². The Morgan fingerprint density at radius 3 is 2.80 bits per heavy atom. The molecule has 1 aliphatic rings. The van der Waals surface area contributed by atoms with Crippen molar-refractivity contribution in [1.82, 2.24) is 29.8 Å². The Morgan fingerprint density at radius 1 is 1.11 bits per heavy atom. The maximum atomic E-state index is 13.7. The van der Waals surface area contributed by atoms with E-state index in [-0.39, 0.29) is 11.9 Å². The molecule has 176 valence electrons. The molecule has 3 aromatic heterocycles. The van der Waals surface area contributed by atoms with Gasteiger partial charge in [-0.1, -0.05) is 30.0 Å². The van der Waals surface area contributed by atoms with E-state index < -0.39 is 0 Å². The molecule has 0 saturated carbocycles. The van der Waals surface area contributed by atoms with E-state index in [0.29, 0.717) is 16.8 Å². The van der Waals surface area contributed by atoms with Gasteiger partial charge in [0.2, 0.25) is 0 Å². The third-order valence-corrected chi connectivity index (χ3v) is 6.46. The van der Waals surface area contributed by atoms with Crippen LogP contribution < -0.4 is 0 Å². The van der Waals surface area contributed by atoms with Crippen LogP contribution in [0.25, 0.3) is 28.9 Å². The number of benzene rings is 1. The molecule has 1 aromatic carbocycles. The van der Waals surface area contributed by atoms with Crippen molar-refractivity contribution in [2.24, 2.45) is 0 Å². The average molecular weight is 486 g/mol. The van der Waals surface area contributed by atoms with E-state index in [1.54, 1.807) is 36.7 Å². The fourth-order valence-electron chi connectivity index (χ4n) is 4.23. The van der Waals surface area contributed by atoms with Crippen molar-refractivity contribution < 1.29 is 4.39 Å². The van der Waals surface area contributed by atoms with Gasteiger partial charge >= 0.3 is 0 Å². The molecule has 5 rings (SSSR count). The number of pyridine rings is 1. The molecule has 1 atom stereocenters. The number of aromatic nitrogens is 5. The highest BCUT2D eigenvalue weighted by molar-refractivity contribution is 7.98. The van der Waals surface area contributed by atoms with Crippen molar-refractivity contribution >= 4 is 23.7 Å². The highest BCUT2D eigenvalue weighted by atomic mass is 32.2. The topological polar surface area (TPSA) is 94.4 Å². The second-order valence-corrected chi connectivity index (χ2v) is 8.92. The van der Waals surface area contributed by atoms with Gasteiger partial charge in [0.15, 0.2) is 5.16 Å². The molecule has 35 heavy (non-hydrogen) atoms. The third-order valence-electron chi connectivity index (χ3n) is 5.89. The van der Waals surface area contributed by atoms with Gasteiger partial charge in [-0.15, -0.1) is 0 Å². The molecule has 1 unspecified atom stereocenters. The smallest absolute Gasteiger partial charge is 0.187 e. The summed E-state index contributed by atoms with van der Waals surface area (Å²) in [6.07, 6.45) is 10.8. The summed E-state index contributed by atoms with van der Waals surface area (Å²) in [5.41, 5.74) is 3.94. The van der Waals surface area contributed by atoms with Gasteiger partial charge in [0.1, 0.15) is 17.5 Å². The van der Waals surface area contributed by atoms with Crippen LogP contribution in [0.4, 0.5) is 4.39 Å². The minimum atomic E-state index is -0.248. The van der Waals surface area contributed by atoms with Crippen LogP contribution in [0.3, 0.4) is 0 Å². The predicted octanol–water partition coefficient (Wildman–Crippen LogP) is 5.62. The predicted molar refractivity (Wildman–Crippen MR) is 136 cm³/mol. The Balaban J connectivity index is 1.31. The number of nitrogens with one attached hydrogen (secondary N) is 2. The molecule has 0 spiro atoms. The van der Waals surface area contributed by atoms with Crippen molar-refractivity contribution in [3.05, 3.63) is 84.2 Å². The molecule has 0 radical (unpaired) electrons. The summed E-state index contributed by atoms with van der Waals surface area (Å²) in [5.74, 6) is 0.759. The third kappa shape index (κ3) is 5.14. The molecular weight excluding hydrogens is 461 g/mol. The molecule has 0 aliphatic carbocycles. The quantitative estimate of drug-likeness (QED) is 0.159. The minimum Gasteiger partial charge on any atom is -0.350 e. The van der Waals surface area contributed by atoms with Crippen LogP contribution in [0, 0.1) is 11.2 Å². The van der Waals surface area contributed by atoms with Crippen LogP contribution in [0.2, 0.25) is 0 Å². The van der Waals surface area contributed by atoms with Crippen molar-refractivity contribution in [1.29, 1.82) is 5.41 Å². The van der Waals surface area contributed by atoms with Crippen LogP contribution in [-0.2, 0) is 0 Å². The highest BCUT2D eigenvalue weighted by Crippen LogP contribution is 2.32. The number of hydrogen-bond acceptors (Lipinski definition) is 6. The molecule has 1 aliphatic heterocycles. The summed E-state index contributed by atoms with van der Waals surface area (Å²) in [7, 11) is 0. The number of rotatable bonds is 6. The maximum Gasteiger partial charge on any atom is 0.187 e. The first-order valence-corrected chi connectivity index (χ1v) is 12.5. The van der Waals surface area contributed by atoms with Gasteiger partial charge in [-0.25, -0.2) is 24.3 Å². The number of likely N-dealkylation sites (tertiary alicyclic amines) is 1.